The first-order valence-corrected chi connectivity index (χ1v) is 8.20. The zero-order valence-corrected chi connectivity index (χ0v) is 13.4. The van der Waals surface area contributed by atoms with Crippen molar-refractivity contribution in [2.75, 3.05) is 19.6 Å². The van der Waals surface area contributed by atoms with Crippen LogP contribution >= 0.6 is 0 Å². The van der Waals surface area contributed by atoms with Gasteiger partial charge >= 0.3 is 6.18 Å². The molecule has 130 valence electrons. The van der Waals surface area contributed by atoms with Crippen molar-refractivity contribution >= 4 is 5.91 Å². The van der Waals surface area contributed by atoms with Gasteiger partial charge in [0.2, 0.25) is 5.91 Å². The van der Waals surface area contributed by atoms with Crippen LogP contribution in [0.5, 0.6) is 0 Å². The van der Waals surface area contributed by atoms with Gasteiger partial charge in [0.1, 0.15) is 0 Å². The standard InChI is InChI=1S/C18H21F3N2O/c1-2-17(24)23-11-14-6-4-8-22(16(14)12-23)10-13-5-3-7-15(9-13)18(19,20)21/h2-3,5,7,9,14,16H,1,4,6,8,10-12H2/t14?,16-/m1/s1. The van der Waals surface area contributed by atoms with Gasteiger partial charge in [0.15, 0.2) is 0 Å². The van der Waals surface area contributed by atoms with Gasteiger partial charge in [-0.1, -0.05) is 24.8 Å². The predicted octanol–water partition coefficient (Wildman–Crippen LogP) is 3.31. The second-order valence-corrected chi connectivity index (χ2v) is 6.59. The number of piperidine rings is 1. The van der Waals surface area contributed by atoms with Gasteiger partial charge in [0.25, 0.3) is 0 Å². The molecule has 1 aromatic carbocycles. The van der Waals surface area contributed by atoms with E-state index in [9.17, 15) is 18.0 Å². The molecule has 0 aliphatic carbocycles. The summed E-state index contributed by atoms with van der Waals surface area (Å²) >= 11 is 0. The number of amides is 1. The van der Waals surface area contributed by atoms with Gasteiger partial charge in [-0.05, 0) is 43.0 Å². The fourth-order valence-electron chi connectivity index (χ4n) is 3.86. The maximum Gasteiger partial charge on any atom is 0.416 e. The molecule has 2 atom stereocenters. The van der Waals surface area contributed by atoms with E-state index in [0.717, 1.165) is 25.5 Å². The molecular weight excluding hydrogens is 317 g/mol. The average Bonchev–Trinajstić information content (AvgIpc) is 2.99. The van der Waals surface area contributed by atoms with Gasteiger partial charge in [-0.3, -0.25) is 9.69 Å². The van der Waals surface area contributed by atoms with E-state index >= 15 is 0 Å². The number of nitrogens with zero attached hydrogens (tertiary/aromatic N) is 2. The quantitative estimate of drug-likeness (QED) is 0.790. The van der Waals surface area contributed by atoms with E-state index in [1.165, 1.54) is 18.2 Å². The summed E-state index contributed by atoms with van der Waals surface area (Å²) < 4.78 is 38.6. The summed E-state index contributed by atoms with van der Waals surface area (Å²) in [6.45, 7) is 6.22. The van der Waals surface area contributed by atoms with Crippen molar-refractivity contribution < 1.29 is 18.0 Å². The van der Waals surface area contributed by atoms with Gasteiger partial charge in [-0.15, -0.1) is 0 Å². The van der Waals surface area contributed by atoms with E-state index in [2.05, 4.69) is 11.5 Å². The minimum atomic E-state index is -4.32. The zero-order valence-electron chi connectivity index (χ0n) is 13.4. The minimum absolute atomic E-state index is 0.0663. The number of hydrogen-bond donors (Lipinski definition) is 0. The number of fused-ring (bicyclic) bond motifs is 1. The summed E-state index contributed by atoms with van der Waals surface area (Å²) in [6, 6.07) is 5.74. The highest BCUT2D eigenvalue weighted by molar-refractivity contribution is 5.87. The van der Waals surface area contributed by atoms with Crippen LogP contribution in [0.3, 0.4) is 0 Å². The number of carbonyl (C=O) groups excluding carboxylic acids is 1. The Bertz CT molecular complexity index is 629. The summed E-state index contributed by atoms with van der Waals surface area (Å²) in [7, 11) is 0. The predicted molar refractivity (Wildman–Crippen MR) is 85.1 cm³/mol. The smallest absolute Gasteiger partial charge is 0.337 e. The zero-order chi connectivity index (χ0) is 17.3. The van der Waals surface area contributed by atoms with Crippen LogP contribution in [0.4, 0.5) is 13.2 Å². The van der Waals surface area contributed by atoms with Crippen LogP contribution in [0.2, 0.25) is 0 Å². The van der Waals surface area contributed by atoms with Gasteiger partial charge in [0, 0.05) is 25.7 Å². The van der Waals surface area contributed by atoms with E-state index in [1.54, 1.807) is 11.0 Å². The fraction of sp³-hybridized carbons (Fsp3) is 0.500. The Kier molecular flexibility index (Phi) is 4.67. The average molecular weight is 338 g/mol. The Hall–Kier alpha value is -1.82. The largest absolute Gasteiger partial charge is 0.416 e. The molecule has 0 spiro atoms. The molecule has 2 heterocycles. The van der Waals surface area contributed by atoms with E-state index in [4.69, 9.17) is 0 Å². The van der Waals surface area contributed by atoms with Crippen LogP contribution in [0.1, 0.15) is 24.0 Å². The Morgan fingerprint density at radius 3 is 2.83 bits per heavy atom. The summed E-state index contributed by atoms with van der Waals surface area (Å²) in [5, 5.41) is 0. The molecule has 2 fully saturated rings. The lowest BCUT2D eigenvalue weighted by atomic mass is 9.91. The molecule has 2 saturated heterocycles. The minimum Gasteiger partial charge on any atom is -0.337 e. The van der Waals surface area contributed by atoms with Crippen molar-refractivity contribution in [1.82, 2.24) is 9.80 Å². The van der Waals surface area contributed by atoms with Crippen molar-refractivity contribution in [3.8, 4) is 0 Å². The number of alkyl halides is 3. The van der Waals surface area contributed by atoms with E-state index in [-0.39, 0.29) is 11.9 Å². The maximum atomic E-state index is 12.9. The molecule has 3 rings (SSSR count). The molecule has 0 radical (unpaired) electrons. The van der Waals surface area contributed by atoms with Crippen LogP contribution in [-0.4, -0.2) is 41.4 Å². The van der Waals surface area contributed by atoms with Crippen molar-refractivity contribution in [2.24, 2.45) is 5.92 Å². The number of carbonyl (C=O) groups is 1. The Morgan fingerprint density at radius 1 is 1.33 bits per heavy atom. The second-order valence-electron chi connectivity index (χ2n) is 6.59. The summed E-state index contributed by atoms with van der Waals surface area (Å²) in [5.74, 6) is 0.330. The number of benzene rings is 1. The second kappa shape index (κ2) is 6.59. The van der Waals surface area contributed by atoms with Gasteiger partial charge < -0.3 is 4.90 Å². The highest BCUT2D eigenvalue weighted by Gasteiger charge is 2.40. The molecule has 3 nitrogen and oxygen atoms in total. The summed E-state index contributed by atoms with van der Waals surface area (Å²) in [6.07, 6.45) is -0.920. The van der Waals surface area contributed by atoms with Gasteiger partial charge in [0.05, 0.1) is 5.56 Å². The topological polar surface area (TPSA) is 23.6 Å². The molecule has 0 saturated carbocycles. The molecule has 2 aliphatic heterocycles. The maximum absolute atomic E-state index is 12.9. The van der Waals surface area contributed by atoms with E-state index < -0.39 is 11.7 Å². The van der Waals surface area contributed by atoms with E-state index in [0.29, 0.717) is 31.1 Å². The molecule has 0 N–H and O–H groups in total. The molecule has 1 unspecified atom stereocenters. The van der Waals surface area contributed by atoms with Crippen molar-refractivity contribution in [2.45, 2.75) is 31.6 Å². The lowest BCUT2D eigenvalue weighted by Gasteiger charge is -2.36. The molecule has 24 heavy (non-hydrogen) atoms. The number of likely N-dealkylation sites (tertiary alicyclic amines) is 2. The molecular formula is C18H21F3N2O. The monoisotopic (exact) mass is 338 g/mol. The normalized spacial score (nSPS) is 24.7. The van der Waals surface area contributed by atoms with Crippen molar-refractivity contribution in [1.29, 1.82) is 0 Å². The molecule has 0 bridgehead atoms. The highest BCUT2D eigenvalue weighted by atomic mass is 19.4. The lowest BCUT2D eigenvalue weighted by molar-refractivity contribution is -0.137. The molecule has 1 amide bonds. The van der Waals surface area contributed by atoms with Crippen LogP contribution in [-0.2, 0) is 17.5 Å². The molecule has 6 heteroatoms. The number of halogens is 3. The van der Waals surface area contributed by atoms with Gasteiger partial charge in [-0.25, -0.2) is 0 Å². The third-order valence-electron chi connectivity index (χ3n) is 5.02. The van der Waals surface area contributed by atoms with Crippen molar-refractivity contribution in [3.63, 3.8) is 0 Å². The summed E-state index contributed by atoms with van der Waals surface area (Å²) in [5.41, 5.74) is 0.0578. The molecule has 2 aliphatic rings. The number of rotatable bonds is 3. The third-order valence-corrected chi connectivity index (χ3v) is 5.02. The fourth-order valence-corrected chi connectivity index (χ4v) is 3.86. The van der Waals surface area contributed by atoms with Crippen LogP contribution < -0.4 is 0 Å². The first-order chi connectivity index (χ1) is 11.4. The Morgan fingerprint density at radius 2 is 2.12 bits per heavy atom. The number of hydrogen-bond acceptors (Lipinski definition) is 2. The van der Waals surface area contributed by atoms with Crippen molar-refractivity contribution in [3.05, 3.63) is 48.0 Å². The van der Waals surface area contributed by atoms with Crippen LogP contribution in [0.15, 0.2) is 36.9 Å². The Balaban J connectivity index is 1.73. The molecule has 0 aromatic heterocycles. The summed E-state index contributed by atoms with van der Waals surface area (Å²) in [4.78, 5) is 15.9. The van der Waals surface area contributed by atoms with Gasteiger partial charge in [-0.2, -0.15) is 13.2 Å². The SMILES string of the molecule is C=CC(=O)N1CC2CCCN(Cc3cccc(C(F)(F)F)c3)[C@@H]2C1. The first kappa shape index (κ1) is 17.0. The van der Waals surface area contributed by atoms with Crippen LogP contribution in [0.25, 0.3) is 0 Å². The van der Waals surface area contributed by atoms with E-state index in [1.807, 2.05) is 0 Å². The third kappa shape index (κ3) is 3.48. The molecule has 1 aromatic rings. The highest BCUT2D eigenvalue weighted by Crippen LogP contribution is 2.33. The first-order valence-electron chi connectivity index (χ1n) is 8.20. The van der Waals surface area contributed by atoms with Crippen LogP contribution in [0, 0.1) is 5.92 Å². The Labute approximate surface area is 139 Å². The lowest BCUT2D eigenvalue weighted by Crippen LogP contribution is -2.44.